The minimum Gasteiger partial charge on any atom is -0.493 e. The third-order valence-electron chi connectivity index (χ3n) is 6.79. The molecule has 40 heavy (non-hydrogen) atoms. The summed E-state index contributed by atoms with van der Waals surface area (Å²) in [6.07, 6.45) is -2.56. The van der Waals surface area contributed by atoms with Crippen molar-refractivity contribution in [2.45, 2.75) is 53.1 Å². The number of carbonyl (C=O) groups is 2. The summed E-state index contributed by atoms with van der Waals surface area (Å²) < 4.78 is 49.5. The zero-order valence-corrected chi connectivity index (χ0v) is 23.6. The van der Waals surface area contributed by atoms with Crippen molar-refractivity contribution in [3.05, 3.63) is 88.5 Å². The van der Waals surface area contributed by atoms with Crippen LogP contribution >= 0.6 is 0 Å². The molecule has 0 unspecified atom stereocenters. The summed E-state index contributed by atoms with van der Waals surface area (Å²) in [5, 5.41) is 2.70. The smallest absolute Gasteiger partial charge is 0.416 e. The van der Waals surface area contributed by atoms with Gasteiger partial charge in [-0.15, -0.1) is 0 Å². The summed E-state index contributed by atoms with van der Waals surface area (Å²) in [6.45, 7) is 8.84. The Bertz CT molecular complexity index is 1290. The maximum atomic E-state index is 12.9. The lowest BCUT2D eigenvalue weighted by atomic mass is 9.87. The molecule has 0 spiro atoms. The minimum absolute atomic E-state index is 0.125. The van der Waals surface area contributed by atoms with Crippen molar-refractivity contribution in [3.63, 3.8) is 0 Å². The fourth-order valence-corrected chi connectivity index (χ4v) is 4.43. The fourth-order valence-electron chi connectivity index (χ4n) is 4.43. The lowest BCUT2D eigenvalue weighted by molar-refractivity contribution is -0.140. The number of hydrogen-bond donors (Lipinski definition) is 1. The van der Waals surface area contributed by atoms with Gasteiger partial charge >= 0.3 is 12.1 Å². The molecule has 8 heteroatoms. The molecule has 0 bridgehead atoms. The summed E-state index contributed by atoms with van der Waals surface area (Å²) in [5.74, 6) is 0.114. The monoisotopic (exact) mass is 555 g/mol. The van der Waals surface area contributed by atoms with E-state index in [0.717, 1.165) is 58.5 Å². The average molecular weight is 556 g/mol. The van der Waals surface area contributed by atoms with Crippen molar-refractivity contribution >= 4 is 11.9 Å². The quantitative estimate of drug-likeness (QED) is 0.252. The van der Waals surface area contributed by atoms with E-state index in [1.54, 1.807) is 12.1 Å². The van der Waals surface area contributed by atoms with E-state index in [2.05, 4.69) is 23.9 Å². The minimum atomic E-state index is -4.36. The first-order valence-electron chi connectivity index (χ1n) is 13.1. The van der Waals surface area contributed by atoms with E-state index in [0.29, 0.717) is 12.2 Å². The molecule has 0 aromatic heterocycles. The summed E-state index contributed by atoms with van der Waals surface area (Å²) in [5.41, 5.74) is 4.35. The van der Waals surface area contributed by atoms with Crippen molar-refractivity contribution < 1.29 is 32.2 Å². The van der Waals surface area contributed by atoms with Crippen LogP contribution in [0.4, 0.5) is 13.2 Å². The van der Waals surface area contributed by atoms with Crippen LogP contribution in [0.1, 0.15) is 59.3 Å². The summed E-state index contributed by atoms with van der Waals surface area (Å²) in [6, 6.07) is 16.5. The molecule has 3 aromatic rings. The van der Waals surface area contributed by atoms with Gasteiger partial charge in [0.25, 0.3) is 5.91 Å². The van der Waals surface area contributed by atoms with Gasteiger partial charge in [-0.25, -0.2) is 0 Å². The Labute approximate surface area is 233 Å². The van der Waals surface area contributed by atoms with Crippen LogP contribution in [0.3, 0.4) is 0 Å². The van der Waals surface area contributed by atoms with Gasteiger partial charge in [-0.3, -0.25) is 9.59 Å². The molecule has 1 N–H and O–H groups in total. The highest BCUT2D eigenvalue weighted by Gasteiger charge is 2.30. The van der Waals surface area contributed by atoms with E-state index in [9.17, 15) is 22.8 Å². The summed E-state index contributed by atoms with van der Waals surface area (Å²) >= 11 is 0. The Balaban J connectivity index is 1.55. The van der Waals surface area contributed by atoms with Crippen LogP contribution in [0.5, 0.6) is 5.75 Å². The normalized spacial score (nSPS) is 11.7. The Morgan fingerprint density at radius 2 is 1.50 bits per heavy atom. The molecule has 0 heterocycles. The Kier molecular flexibility index (Phi) is 10.0. The lowest BCUT2D eigenvalue weighted by Gasteiger charge is -2.25. The standard InChI is InChI=1S/C32H36F3NO4/c1-21-18-27(19-22(2)29(21)24-10-12-26(13-11-24)32(33,34)35)40-20-31(3,4)16-14-23-6-8-25(9-7-23)30(38)36-17-15-28(37)39-5/h6-13,18-19H,14-17,20H2,1-5H3,(H,36,38). The SMILES string of the molecule is COC(=O)CCNC(=O)c1ccc(CCC(C)(C)COc2cc(C)c(-c3ccc(C(F)(F)F)cc3)c(C)c2)cc1. The third kappa shape index (κ3) is 8.60. The van der Waals surface area contributed by atoms with Gasteiger partial charge in [0.1, 0.15) is 5.75 Å². The Hall–Kier alpha value is -3.81. The first-order chi connectivity index (χ1) is 18.8. The first kappa shape index (κ1) is 30.7. The largest absolute Gasteiger partial charge is 0.493 e. The molecule has 214 valence electrons. The van der Waals surface area contributed by atoms with Gasteiger partial charge in [0.2, 0.25) is 0 Å². The molecule has 5 nitrogen and oxygen atoms in total. The molecule has 1 amide bonds. The van der Waals surface area contributed by atoms with E-state index >= 15 is 0 Å². The number of hydrogen-bond acceptors (Lipinski definition) is 4. The topological polar surface area (TPSA) is 64.6 Å². The van der Waals surface area contributed by atoms with E-state index < -0.39 is 11.7 Å². The number of carbonyl (C=O) groups excluding carboxylic acids is 2. The van der Waals surface area contributed by atoms with Crippen LogP contribution in [-0.2, 0) is 22.1 Å². The van der Waals surface area contributed by atoms with Gasteiger partial charge in [0.15, 0.2) is 0 Å². The zero-order valence-electron chi connectivity index (χ0n) is 23.6. The van der Waals surface area contributed by atoms with Crippen molar-refractivity contribution in [3.8, 4) is 16.9 Å². The Morgan fingerprint density at radius 1 is 0.900 bits per heavy atom. The van der Waals surface area contributed by atoms with Gasteiger partial charge in [-0.05, 0) is 96.3 Å². The second-order valence-electron chi connectivity index (χ2n) is 10.7. The van der Waals surface area contributed by atoms with Crippen molar-refractivity contribution in [1.82, 2.24) is 5.32 Å². The number of rotatable bonds is 11. The van der Waals surface area contributed by atoms with Crippen molar-refractivity contribution in [2.75, 3.05) is 20.3 Å². The second kappa shape index (κ2) is 13.0. The van der Waals surface area contributed by atoms with Crippen molar-refractivity contribution in [1.29, 1.82) is 0 Å². The zero-order chi connectivity index (χ0) is 29.5. The molecule has 0 aliphatic rings. The van der Waals surface area contributed by atoms with Crippen LogP contribution in [0.2, 0.25) is 0 Å². The molecule has 0 fully saturated rings. The predicted octanol–water partition coefficient (Wildman–Crippen LogP) is 7.32. The molecule has 0 atom stereocenters. The van der Waals surface area contributed by atoms with Gasteiger partial charge in [0.05, 0.1) is 25.7 Å². The number of ether oxygens (including phenoxy) is 2. The molecular weight excluding hydrogens is 519 g/mol. The van der Waals surface area contributed by atoms with E-state index in [4.69, 9.17) is 4.74 Å². The van der Waals surface area contributed by atoms with Crippen LogP contribution in [0.25, 0.3) is 11.1 Å². The third-order valence-corrected chi connectivity index (χ3v) is 6.79. The van der Waals surface area contributed by atoms with Crippen molar-refractivity contribution in [2.24, 2.45) is 5.41 Å². The number of benzene rings is 3. The van der Waals surface area contributed by atoms with Gasteiger partial charge in [0, 0.05) is 12.1 Å². The van der Waals surface area contributed by atoms with Crippen LogP contribution in [0, 0.1) is 19.3 Å². The molecule has 3 rings (SSSR count). The fraction of sp³-hybridized carbons (Fsp3) is 0.375. The molecule has 0 saturated heterocycles. The predicted molar refractivity (Wildman–Crippen MR) is 149 cm³/mol. The number of methoxy groups -OCH3 is 1. The van der Waals surface area contributed by atoms with Crippen LogP contribution in [0.15, 0.2) is 60.7 Å². The maximum Gasteiger partial charge on any atom is 0.416 e. The summed E-state index contributed by atoms with van der Waals surface area (Å²) in [7, 11) is 1.31. The number of nitrogens with one attached hydrogen (secondary N) is 1. The first-order valence-corrected chi connectivity index (χ1v) is 13.1. The molecule has 0 saturated carbocycles. The highest BCUT2D eigenvalue weighted by atomic mass is 19.4. The number of esters is 1. The molecular formula is C32H36F3NO4. The average Bonchev–Trinajstić information content (AvgIpc) is 2.90. The number of halogens is 3. The maximum absolute atomic E-state index is 12.9. The highest BCUT2D eigenvalue weighted by Crippen LogP contribution is 2.35. The van der Waals surface area contributed by atoms with Crippen LogP contribution in [-0.4, -0.2) is 32.1 Å². The molecule has 0 radical (unpaired) electrons. The van der Waals surface area contributed by atoms with E-state index in [-0.39, 0.29) is 30.3 Å². The summed E-state index contributed by atoms with van der Waals surface area (Å²) in [4.78, 5) is 23.4. The van der Waals surface area contributed by atoms with E-state index in [1.807, 2.05) is 38.1 Å². The second-order valence-corrected chi connectivity index (χ2v) is 10.7. The van der Waals surface area contributed by atoms with Gasteiger partial charge in [-0.2, -0.15) is 13.2 Å². The Morgan fingerprint density at radius 3 is 2.05 bits per heavy atom. The van der Waals surface area contributed by atoms with Crippen LogP contribution < -0.4 is 10.1 Å². The molecule has 3 aromatic carbocycles. The molecule has 0 aliphatic heterocycles. The number of amides is 1. The van der Waals surface area contributed by atoms with E-state index in [1.165, 1.54) is 19.2 Å². The van der Waals surface area contributed by atoms with Gasteiger partial charge < -0.3 is 14.8 Å². The highest BCUT2D eigenvalue weighted by molar-refractivity contribution is 5.94. The number of alkyl halides is 3. The lowest BCUT2D eigenvalue weighted by Crippen LogP contribution is -2.26. The number of aryl methyl sites for hydroxylation is 3. The van der Waals surface area contributed by atoms with Gasteiger partial charge in [-0.1, -0.05) is 38.1 Å². The molecule has 0 aliphatic carbocycles.